The Morgan fingerprint density at radius 1 is 0.949 bits per heavy atom. The predicted molar refractivity (Wildman–Crippen MR) is 142 cm³/mol. The number of pyridine rings is 3. The average Bonchev–Trinajstić information content (AvgIpc) is 2.91. The lowest BCUT2D eigenvalue weighted by molar-refractivity contribution is 0.102. The van der Waals surface area contributed by atoms with E-state index in [0.29, 0.717) is 33.9 Å². The van der Waals surface area contributed by atoms with Gasteiger partial charge in [0.1, 0.15) is 16.9 Å². The molecule has 0 radical (unpaired) electrons. The van der Waals surface area contributed by atoms with Crippen LogP contribution >= 0.6 is 0 Å². The number of carbonyl (C=O) groups excluding carboxylic acids is 1. The molecule has 0 spiro atoms. The lowest BCUT2D eigenvalue weighted by atomic mass is 10.1. The molecule has 1 N–H and O–H groups in total. The first-order chi connectivity index (χ1) is 18.7. The number of aromatic nitrogens is 3. The van der Waals surface area contributed by atoms with Crippen molar-refractivity contribution < 1.29 is 23.0 Å². The molecule has 0 fully saturated rings. The summed E-state index contributed by atoms with van der Waals surface area (Å²) in [5.74, 6) is -1.38. The van der Waals surface area contributed by atoms with Gasteiger partial charge in [0.05, 0.1) is 18.3 Å². The first-order valence-electron chi connectivity index (χ1n) is 11.8. The molecular weight excluding hydrogens is 506 g/mol. The Balaban J connectivity index is 1.40. The molecule has 196 valence electrons. The van der Waals surface area contributed by atoms with Crippen LogP contribution in [0.3, 0.4) is 0 Å². The molecular formula is C29H22F2N4O4. The Morgan fingerprint density at radius 3 is 2.51 bits per heavy atom. The Bertz CT molecular complexity index is 1800. The fourth-order valence-corrected chi connectivity index (χ4v) is 4.13. The summed E-state index contributed by atoms with van der Waals surface area (Å²) >= 11 is 0. The van der Waals surface area contributed by atoms with E-state index in [0.717, 1.165) is 6.07 Å². The molecule has 5 aromatic rings. The third-order valence-corrected chi connectivity index (χ3v) is 6.06. The lowest BCUT2D eigenvalue weighted by Crippen LogP contribution is -2.29. The number of methoxy groups -OCH3 is 1. The Hall–Kier alpha value is -5.12. The molecule has 3 heterocycles. The number of hydrogen-bond acceptors (Lipinski definition) is 6. The van der Waals surface area contributed by atoms with Crippen molar-refractivity contribution in [1.82, 2.24) is 14.5 Å². The molecule has 8 nitrogen and oxygen atoms in total. The SMILES string of the molecule is COc1ccc2nccc(Oc3ccc(NC(=O)c4ccc(C)n(-c5ccc(F)cc5C)c4=O)cc3F)c2n1. The van der Waals surface area contributed by atoms with Gasteiger partial charge >= 0.3 is 0 Å². The summed E-state index contributed by atoms with van der Waals surface area (Å²) < 4.78 is 40.8. The number of fused-ring (bicyclic) bond motifs is 1. The third kappa shape index (κ3) is 5.04. The van der Waals surface area contributed by atoms with Gasteiger partial charge in [-0.2, -0.15) is 0 Å². The highest BCUT2D eigenvalue weighted by atomic mass is 19.1. The van der Waals surface area contributed by atoms with Crippen LogP contribution in [-0.4, -0.2) is 27.6 Å². The van der Waals surface area contributed by atoms with Gasteiger partial charge in [-0.3, -0.25) is 19.1 Å². The van der Waals surface area contributed by atoms with Crippen molar-refractivity contribution in [2.75, 3.05) is 12.4 Å². The van der Waals surface area contributed by atoms with Crippen LogP contribution in [0.2, 0.25) is 0 Å². The van der Waals surface area contributed by atoms with E-state index < -0.39 is 23.1 Å². The fraction of sp³-hybridized carbons (Fsp3) is 0.103. The van der Waals surface area contributed by atoms with Gasteiger partial charge in [0.2, 0.25) is 5.88 Å². The zero-order chi connectivity index (χ0) is 27.7. The number of benzene rings is 2. The van der Waals surface area contributed by atoms with Crippen molar-refractivity contribution in [2.24, 2.45) is 0 Å². The van der Waals surface area contributed by atoms with Gasteiger partial charge < -0.3 is 14.8 Å². The van der Waals surface area contributed by atoms with E-state index in [1.165, 1.54) is 54.3 Å². The van der Waals surface area contributed by atoms with Crippen LogP contribution in [0.25, 0.3) is 16.7 Å². The number of aryl methyl sites for hydroxylation is 2. The Labute approximate surface area is 221 Å². The van der Waals surface area contributed by atoms with Crippen molar-refractivity contribution >= 4 is 22.6 Å². The van der Waals surface area contributed by atoms with E-state index in [2.05, 4.69) is 15.3 Å². The van der Waals surface area contributed by atoms with E-state index in [1.807, 2.05) is 0 Å². The van der Waals surface area contributed by atoms with E-state index >= 15 is 0 Å². The minimum Gasteiger partial charge on any atom is -0.481 e. The van der Waals surface area contributed by atoms with Crippen LogP contribution in [0.15, 0.2) is 77.7 Å². The number of nitrogens with zero attached hydrogens (tertiary/aromatic N) is 3. The molecule has 0 aliphatic rings. The first kappa shape index (κ1) is 25.5. The van der Waals surface area contributed by atoms with Gasteiger partial charge in [-0.15, -0.1) is 0 Å². The number of ether oxygens (including phenoxy) is 2. The topological polar surface area (TPSA) is 95.3 Å². The van der Waals surface area contributed by atoms with Gasteiger partial charge in [-0.25, -0.2) is 13.8 Å². The van der Waals surface area contributed by atoms with E-state index in [1.54, 1.807) is 38.1 Å². The molecule has 39 heavy (non-hydrogen) atoms. The normalized spacial score (nSPS) is 10.9. The van der Waals surface area contributed by atoms with Crippen LogP contribution < -0.4 is 20.3 Å². The number of halogens is 2. The van der Waals surface area contributed by atoms with Crippen molar-refractivity contribution in [3.05, 3.63) is 112 Å². The molecule has 0 saturated heterocycles. The van der Waals surface area contributed by atoms with Gasteiger partial charge in [-0.05, 0) is 67.9 Å². The monoisotopic (exact) mass is 528 g/mol. The van der Waals surface area contributed by atoms with Crippen LogP contribution in [0, 0.1) is 25.5 Å². The Morgan fingerprint density at radius 2 is 1.77 bits per heavy atom. The molecule has 0 unspecified atom stereocenters. The van der Waals surface area contributed by atoms with Crippen molar-refractivity contribution in [3.8, 4) is 23.1 Å². The molecule has 5 rings (SSSR count). The molecule has 0 aliphatic carbocycles. The molecule has 2 aromatic carbocycles. The van der Waals surface area contributed by atoms with E-state index in [4.69, 9.17) is 9.47 Å². The number of amides is 1. The third-order valence-electron chi connectivity index (χ3n) is 6.06. The van der Waals surface area contributed by atoms with Crippen molar-refractivity contribution in [1.29, 1.82) is 0 Å². The average molecular weight is 529 g/mol. The van der Waals surface area contributed by atoms with Crippen LogP contribution in [-0.2, 0) is 0 Å². The number of rotatable bonds is 6. The standard InChI is InChI=1S/C29H22F2N4O4/c1-16-14-18(30)5-9-23(16)35-17(2)4-7-20(29(35)37)28(36)33-19-6-10-24(21(31)15-19)39-25-12-13-32-22-8-11-26(38-3)34-27(22)25/h4-15H,1-3H3,(H,33,36). The van der Waals surface area contributed by atoms with Crippen molar-refractivity contribution in [2.45, 2.75) is 13.8 Å². The predicted octanol–water partition coefficient (Wildman–Crippen LogP) is 5.73. The van der Waals surface area contributed by atoms with Gasteiger partial charge in [0.15, 0.2) is 17.3 Å². The number of anilines is 1. The maximum absolute atomic E-state index is 15.0. The second kappa shape index (κ2) is 10.3. The van der Waals surface area contributed by atoms with Gasteiger partial charge in [0.25, 0.3) is 11.5 Å². The molecule has 10 heteroatoms. The van der Waals surface area contributed by atoms with Crippen LogP contribution in [0.1, 0.15) is 21.6 Å². The molecule has 0 aliphatic heterocycles. The summed E-state index contributed by atoms with van der Waals surface area (Å²) in [6, 6.07) is 15.8. The second-order valence-electron chi connectivity index (χ2n) is 8.69. The maximum atomic E-state index is 15.0. The maximum Gasteiger partial charge on any atom is 0.268 e. The zero-order valence-corrected chi connectivity index (χ0v) is 21.2. The van der Waals surface area contributed by atoms with E-state index in [9.17, 15) is 18.4 Å². The molecule has 0 bridgehead atoms. The number of carbonyl (C=O) groups is 1. The van der Waals surface area contributed by atoms with E-state index in [-0.39, 0.29) is 22.7 Å². The summed E-state index contributed by atoms with van der Waals surface area (Å²) in [5, 5.41) is 2.55. The molecule has 0 saturated carbocycles. The summed E-state index contributed by atoms with van der Waals surface area (Å²) in [5.41, 5.74) is 1.85. The Kier molecular flexibility index (Phi) is 6.76. The minimum absolute atomic E-state index is 0.102. The second-order valence-corrected chi connectivity index (χ2v) is 8.69. The van der Waals surface area contributed by atoms with Crippen molar-refractivity contribution in [3.63, 3.8) is 0 Å². The quantitative estimate of drug-likeness (QED) is 0.303. The van der Waals surface area contributed by atoms with Crippen LogP contribution in [0.5, 0.6) is 17.4 Å². The molecule has 0 atom stereocenters. The molecule has 1 amide bonds. The van der Waals surface area contributed by atoms with Crippen LogP contribution in [0.4, 0.5) is 14.5 Å². The van der Waals surface area contributed by atoms with Gasteiger partial charge in [0, 0.05) is 35.8 Å². The largest absolute Gasteiger partial charge is 0.481 e. The number of hydrogen-bond donors (Lipinski definition) is 1. The minimum atomic E-state index is -0.746. The summed E-state index contributed by atoms with van der Waals surface area (Å²) in [7, 11) is 1.48. The first-order valence-corrected chi connectivity index (χ1v) is 11.8. The fourth-order valence-electron chi connectivity index (χ4n) is 4.13. The molecule has 3 aromatic heterocycles. The highest BCUT2D eigenvalue weighted by Gasteiger charge is 2.18. The number of nitrogens with one attached hydrogen (secondary N) is 1. The summed E-state index contributed by atoms with van der Waals surface area (Å²) in [4.78, 5) is 34.8. The lowest BCUT2D eigenvalue weighted by Gasteiger charge is -2.15. The highest BCUT2D eigenvalue weighted by Crippen LogP contribution is 2.31. The van der Waals surface area contributed by atoms with Gasteiger partial charge in [-0.1, -0.05) is 0 Å². The summed E-state index contributed by atoms with van der Waals surface area (Å²) in [6.07, 6.45) is 1.51. The highest BCUT2D eigenvalue weighted by molar-refractivity contribution is 6.04. The summed E-state index contributed by atoms with van der Waals surface area (Å²) in [6.45, 7) is 3.38. The zero-order valence-electron chi connectivity index (χ0n) is 21.2. The smallest absolute Gasteiger partial charge is 0.268 e.